The van der Waals surface area contributed by atoms with E-state index in [-0.39, 0.29) is 0 Å². The van der Waals surface area contributed by atoms with E-state index in [1.807, 2.05) is 6.26 Å². The Hall–Kier alpha value is -0.800. The van der Waals surface area contributed by atoms with Gasteiger partial charge in [0.05, 0.1) is 6.26 Å². The lowest BCUT2D eigenvalue weighted by molar-refractivity contribution is 0.605. The molecule has 0 saturated carbocycles. The first-order valence-electron chi connectivity index (χ1n) is 6.51. The number of nitrogens with one attached hydrogen (secondary N) is 1. The third-order valence-corrected chi connectivity index (χ3v) is 4.51. The molecular formula is C15H20BrNO. The van der Waals surface area contributed by atoms with Gasteiger partial charge in [-0.25, -0.2) is 0 Å². The second-order valence-corrected chi connectivity index (χ2v) is 5.56. The van der Waals surface area contributed by atoms with Crippen LogP contribution in [-0.2, 0) is 6.42 Å². The van der Waals surface area contributed by atoms with E-state index < -0.39 is 0 Å². The highest BCUT2D eigenvalue weighted by atomic mass is 79.9. The maximum atomic E-state index is 5.67. The maximum absolute atomic E-state index is 5.67. The van der Waals surface area contributed by atoms with Crippen molar-refractivity contribution in [2.24, 2.45) is 0 Å². The first-order valence-corrected chi connectivity index (χ1v) is 7.31. The van der Waals surface area contributed by atoms with Gasteiger partial charge in [0, 0.05) is 9.86 Å². The number of furan rings is 1. The van der Waals surface area contributed by atoms with E-state index in [9.17, 15) is 0 Å². The van der Waals surface area contributed by atoms with Crippen molar-refractivity contribution in [1.82, 2.24) is 5.32 Å². The lowest BCUT2D eigenvalue weighted by atomic mass is 10.0. The maximum Gasteiger partial charge on any atom is 0.134 e. The minimum atomic E-state index is 0.999. The molecular weight excluding hydrogens is 290 g/mol. The molecule has 0 spiro atoms. The second kappa shape index (κ2) is 5.89. The summed E-state index contributed by atoms with van der Waals surface area (Å²) in [7, 11) is 0. The normalized spacial score (nSPS) is 11.3. The van der Waals surface area contributed by atoms with Crippen LogP contribution in [0.2, 0.25) is 0 Å². The van der Waals surface area contributed by atoms with Gasteiger partial charge in [-0.15, -0.1) is 0 Å². The zero-order chi connectivity index (χ0) is 13.1. The Morgan fingerprint density at radius 1 is 1.28 bits per heavy atom. The number of halogens is 1. The summed E-state index contributed by atoms with van der Waals surface area (Å²) in [6, 6.07) is 2.11. The molecule has 1 heterocycles. The highest BCUT2D eigenvalue weighted by Crippen LogP contribution is 2.32. The standard InChI is InChI=1S/C15H20BrNO/c1-4-6-17-7-5-12-9-18-13-8-10(2)15(16)11(3)14(12)13/h8-9,17H,4-7H2,1-3H3. The van der Waals surface area contributed by atoms with Crippen LogP contribution in [0.3, 0.4) is 0 Å². The number of fused-ring (bicyclic) bond motifs is 1. The van der Waals surface area contributed by atoms with Crippen LogP contribution in [0.1, 0.15) is 30.0 Å². The Labute approximate surface area is 117 Å². The summed E-state index contributed by atoms with van der Waals surface area (Å²) in [5, 5.41) is 4.70. The smallest absolute Gasteiger partial charge is 0.134 e. The summed E-state index contributed by atoms with van der Waals surface area (Å²) in [6.07, 6.45) is 4.09. The summed E-state index contributed by atoms with van der Waals surface area (Å²) >= 11 is 3.65. The monoisotopic (exact) mass is 309 g/mol. The van der Waals surface area contributed by atoms with Crippen molar-refractivity contribution in [2.75, 3.05) is 13.1 Å². The average Bonchev–Trinajstić information content (AvgIpc) is 2.75. The zero-order valence-corrected chi connectivity index (χ0v) is 12.9. The van der Waals surface area contributed by atoms with Crippen LogP contribution in [-0.4, -0.2) is 13.1 Å². The molecule has 0 radical (unpaired) electrons. The van der Waals surface area contributed by atoms with Crippen molar-refractivity contribution in [3.63, 3.8) is 0 Å². The molecule has 0 bridgehead atoms. The van der Waals surface area contributed by atoms with E-state index in [0.717, 1.165) is 25.1 Å². The minimum Gasteiger partial charge on any atom is -0.464 e. The van der Waals surface area contributed by atoms with E-state index in [1.54, 1.807) is 0 Å². The Morgan fingerprint density at radius 2 is 2.06 bits per heavy atom. The quantitative estimate of drug-likeness (QED) is 0.830. The van der Waals surface area contributed by atoms with Crippen LogP contribution >= 0.6 is 15.9 Å². The number of hydrogen-bond donors (Lipinski definition) is 1. The number of benzene rings is 1. The third-order valence-electron chi connectivity index (χ3n) is 3.29. The topological polar surface area (TPSA) is 25.2 Å². The van der Waals surface area contributed by atoms with Crippen molar-refractivity contribution < 1.29 is 4.42 Å². The Balaban J connectivity index is 2.27. The average molecular weight is 310 g/mol. The SMILES string of the molecule is CCCNCCc1coc2cc(C)c(Br)c(C)c12. The summed E-state index contributed by atoms with van der Waals surface area (Å²) in [5.41, 5.74) is 4.81. The zero-order valence-electron chi connectivity index (χ0n) is 11.3. The molecule has 18 heavy (non-hydrogen) atoms. The molecule has 3 heteroatoms. The van der Waals surface area contributed by atoms with Gasteiger partial charge >= 0.3 is 0 Å². The lowest BCUT2D eigenvalue weighted by Crippen LogP contribution is -2.17. The van der Waals surface area contributed by atoms with Gasteiger partial charge in [-0.1, -0.05) is 22.9 Å². The highest BCUT2D eigenvalue weighted by Gasteiger charge is 2.12. The van der Waals surface area contributed by atoms with E-state index in [2.05, 4.69) is 48.1 Å². The molecule has 0 aliphatic heterocycles. The van der Waals surface area contributed by atoms with Gasteiger partial charge in [-0.3, -0.25) is 0 Å². The van der Waals surface area contributed by atoms with E-state index in [4.69, 9.17) is 4.42 Å². The Kier molecular flexibility index (Phi) is 4.46. The largest absolute Gasteiger partial charge is 0.464 e. The number of rotatable bonds is 5. The predicted molar refractivity (Wildman–Crippen MR) is 80.3 cm³/mol. The van der Waals surface area contributed by atoms with Gasteiger partial charge in [-0.05, 0) is 62.5 Å². The van der Waals surface area contributed by atoms with Crippen LogP contribution in [0.25, 0.3) is 11.0 Å². The van der Waals surface area contributed by atoms with E-state index in [0.29, 0.717) is 0 Å². The molecule has 2 aromatic rings. The molecule has 1 N–H and O–H groups in total. The minimum absolute atomic E-state index is 0.999. The molecule has 0 saturated heterocycles. The van der Waals surface area contributed by atoms with Crippen molar-refractivity contribution in [1.29, 1.82) is 0 Å². The summed E-state index contributed by atoms with van der Waals surface area (Å²) in [4.78, 5) is 0. The van der Waals surface area contributed by atoms with Gasteiger partial charge in [0.1, 0.15) is 5.58 Å². The number of aryl methyl sites for hydroxylation is 2. The van der Waals surface area contributed by atoms with Crippen LogP contribution in [0, 0.1) is 13.8 Å². The van der Waals surface area contributed by atoms with Crippen molar-refractivity contribution in [3.8, 4) is 0 Å². The summed E-state index contributed by atoms with van der Waals surface area (Å²) in [5.74, 6) is 0. The van der Waals surface area contributed by atoms with Gasteiger partial charge in [-0.2, -0.15) is 0 Å². The fourth-order valence-corrected chi connectivity index (χ4v) is 2.63. The van der Waals surface area contributed by atoms with E-state index in [1.165, 1.54) is 33.0 Å². The van der Waals surface area contributed by atoms with Crippen LogP contribution in [0.5, 0.6) is 0 Å². The molecule has 98 valence electrons. The second-order valence-electron chi connectivity index (χ2n) is 4.77. The molecule has 2 rings (SSSR count). The molecule has 0 unspecified atom stereocenters. The third kappa shape index (κ3) is 2.62. The molecule has 1 aromatic heterocycles. The van der Waals surface area contributed by atoms with Crippen LogP contribution < -0.4 is 5.32 Å². The van der Waals surface area contributed by atoms with Crippen LogP contribution in [0.4, 0.5) is 0 Å². The molecule has 2 nitrogen and oxygen atoms in total. The van der Waals surface area contributed by atoms with Gasteiger partial charge in [0.15, 0.2) is 0 Å². The fourth-order valence-electron chi connectivity index (χ4n) is 2.32. The van der Waals surface area contributed by atoms with Crippen molar-refractivity contribution in [2.45, 2.75) is 33.6 Å². The molecule has 0 aliphatic carbocycles. The first-order chi connectivity index (χ1) is 8.65. The summed E-state index contributed by atoms with van der Waals surface area (Å²) < 4.78 is 6.87. The fraction of sp³-hybridized carbons (Fsp3) is 0.467. The van der Waals surface area contributed by atoms with Gasteiger partial charge in [0.2, 0.25) is 0 Å². The number of hydrogen-bond acceptors (Lipinski definition) is 2. The molecule has 0 fully saturated rings. The predicted octanol–water partition coefficient (Wildman–Crippen LogP) is 4.35. The van der Waals surface area contributed by atoms with Crippen molar-refractivity contribution >= 4 is 26.9 Å². The van der Waals surface area contributed by atoms with Crippen LogP contribution in [0.15, 0.2) is 21.2 Å². The molecule has 0 aliphatic rings. The Morgan fingerprint density at radius 3 is 2.78 bits per heavy atom. The first kappa shape index (κ1) is 13.6. The van der Waals surface area contributed by atoms with Crippen molar-refractivity contribution in [3.05, 3.63) is 33.5 Å². The Bertz CT molecular complexity index is 545. The molecule has 0 atom stereocenters. The summed E-state index contributed by atoms with van der Waals surface area (Å²) in [6.45, 7) is 8.52. The highest BCUT2D eigenvalue weighted by molar-refractivity contribution is 9.10. The molecule has 0 amide bonds. The molecule has 1 aromatic carbocycles. The lowest BCUT2D eigenvalue weighted by Gasteiger charge is -2.06. The van der Waals surface area contributed by atoms with Gasteiger partial charge in [0.25, 0.3) is 0 Å². The van der Waals surface area contributed by atoms with Gasteiger partial charge < -0.3 is 9.73 Å². The van der Waals surface area contributed by atoms with E-state index >= 15 is 0 Å².